The van der Waals surface area contributed by atoms with Gasteiger partial charge in [0.05, 0.1) is 42.5 Å². The molecule has 3 rings (SSSR count). The summed E-state index contributed by atoms with van der Waals surface area (Å²) in [6.07, 6.45) is 5.41. The Bertz CT molecular complexity index is 1230. The van der Waals surface area contributed by atoms with E-state index in [2.05, 4.69) is 56.8 Å². The average Bonchev–Trinajstić information content (AvgIpc) is 3.59. The van der Waals surface area contributed by atoms with Gasteiger partial charge in [0, 0.05) is 30.9 Å². The molecule has 1 saturated heterocycles. The monoisotopic (exact) mass is 721 g/mol. The van der Waals surface area contributed by atoms with Gasteiger partial charge in [0.15, 0.2) is 0 Å². The number of fused-ring (bicyclic) bond motifs is 1. The number of rotatable bonds is 16. The highest BCUT2D eigenvalue weighted by Gasteiger charge is 2.37. The van der Waals surface area contributed by atoms with Crippen molar-refractivity contribution in [1.82, 2.24) is 19.9 Å². The maximum Gasteiger partial charge on any atom is 0.404 e. The molecule has 12 nitrogen and oxygen atoms in total. The van der Waals surface area contributed by atoms with Crippen LogP contribution in [0.3, 0.4) is 0 Å². The molecule has 14 heteroatoms. The Morgan fingerprint density at radius 3 is 2.31 bits per heavy atom. The predicted octanol–water partition coefficient (Wildman–Crippen LogP) is 6.48. The van der Waals surface area contributed by atoms with Crippen LogP contribution in [0.15, 0.2) is 12.5 Å². The molecule has 3 unspecified atom stereocenters. The van der Waals surface area contributed by atoms with Crippen LogP contribution in [0.2, 0.25) is 0 Å². The number of aliphatic hydroxyl groups is 2. The Morgan fingerprint density at radius 1 is 1.12 bits per heavy atom. The number of unbranched alkanes of at least 4 members (excludes halogenated alkanes) is 2. The van der Waals surface area contributed by atoms with Crippen LogP contribution in [0.4, 0.5) is 10.6 Å². The molecular formula is C34H61Cl2N5O7. The molecular weight excluding hydrogens is 661 g/mol. The Labute approximate surface area is 297 Å². The van der Waals surface area contributed by atoms with Crippen molar-refractivity contribution in [3.05, 3.63) is 18.1 Å². The quantitative estimate of drug-likeness (QED) is 0.0954. The zero-order chi connectivity index (χ0) is 36.7. The number of nitrogen functional groups attached to an aromatic ring is 1. The van der Waals surface area contributed by atoms with Gasteiger partial charge in [-0.3, -0.25) is 0 Å². The summed E-state index contributed by atoms with van der Waals surface area (Å²) >= 11 is 10.7. The van der Waals surface area contributed by atoms with E-state index >= 15 is 0 Å². The van der Waals surface area contributed by atoms with E-state index in [0.717, 1.165) is 42.5 Å². The number of hydrogen-bond acceptors (Lipinski definition) is 9. The lowest BCUT2D eigenvalue weighted by atomic mass is 9.75. The van der Waals surface area contributed by atoms with Crippen LogP contribution in [0.5, 0.6) is 0 Å². The topological polar surface area (TPSA) is 174 Å². The number of halogens is 2. The molecule has 2 aromatic heterocycles. The smallest absolute Gasteiger partial charge is 0.404 e. The van der Waals surface area contributed by atoms with Crippen LogP contribution in [0.1, 0.15) is 106 Å². The molecule has 48 heavy (non-hydrogen) atoms. The number of nitrogens with one attached hydrogen (secondary N) is 1. The Morgan fingerprint density at radius 2 is 1.77 bits per heavy atom. The first kappa shape index (κ1) is 44.1. The van der Waals surface area contributed by atoms with Crippen molar-refractivity contribution >= 4 is 46.1 Å². The summed E-state index contributed by atoms with van der Waals surface area (Å²) in [6, 6.07) is 0. The van der Waals surface area contributed by atoms with Gasteiger partial charge in [0.25, 0.3) is 0 Å². The van der Waals surface area contributed by atoms with E-state index in [-0.39, 0.29) is 30.4 Å². The molecule has 0 radical (unpaired) electrons. The van der Waals surface area contributed by atoms with Gasteiger partial charge in [-0.1, -0.05) is 47.5 Å². The number of nitrogens with two attached hydrogens (primary N) is 1. The van der Waals surface area contributed by atoms with Gasteiger partial charge in [0.2, 0.25) is 0 Å². The third-order valence-electron chi connectivity index (χ3n) is 8.56. The summed E-state index contributed by atoms with van der Waals surface area (Å²) in [6.45, 7) is 19.5. The highest BCUT2D eigenvalue weighted by atomic mass is 35.5. The van der Waals surface area contributed by atoms with Crippen LogP contribution < -0.4 is 11.1 Å². The van der Waals surface area contributed by atoms with Crippen molar-refractivity contribution < 1.29 is 34.3 Å². The minimum absolute atomic E-state index is 0.129. The zero-order valence-corrected chi connectivity index (χ0v) is 31.9. The minimum Gasteiger partial charge on any atom is -0.465 e. The summed E-state index contributed by atoms with van der Waals surface area (Å²) < 4.78 is 19.3. The normalized spacial score (nSPS) is 18.3. The molecule has 0 aromatic carbocycles. The number of amides is 1. The molecule has 278 valence electrons. The SMILES string of the molecule is CC(C)(CCCCCCl)OCC(C)(C)OCCNC(=O)O.CC(C)C(C)(C)c1cn(C2CC(O)C(CO)O2)c2ncnc(N)c12.CCCl. The van der Waals surface area contributed by atoms with E-state index in [9.17, 15) is 15.0 Å². The lowest BCUT2D eigenvalue weighted by Gasteiger charge is -2.32. The number of aliphatic hydroxyl groups excluding tert-OH is 2. The molecule has 3 heterocycles. The first-order valence-corrected chi connectivity index (χ1v) is 17.9. The number of nitrogens with zero attached hydrogens (tertiary/aromatic N) is 3. The molecule has 0 aliphatic carbocycles. The van der Waals surface area contributed by atoms with Gasteiger partial charge in [-0.05, 0) is 57.4 Å². The van der Waals surface area contributed by atoms with Crippen molar-refractivity contribution in [2.75, 3.05) is 43.9 Å². The molecule has 6 N–H and O–H groups in total. The van der Waals surface area contributed by atoms with E-state index in [1.165, 1.54) is 6.33 Å². The number of aromatic nitrogens is 3. The molecule has 0 bridgehead atoms. The third kappa shape index (κ3) is 14.1. The Kier molecular flexibility index (Phi) is 19.0. The molecule has 1 aliphatic heterocycles. The number of alkyl halides is 2. The number of ether oxygens (including phenoxy) is 3. The fourth-order valence-electron chi connectivity index (χ4n) is 4.97. The van der Waals surface area contributed by atoms with Crippen LogP contribution in [-0.2, 0) is 19.6 Å². The van der Waals surface area contributed by atoms with Crippen LogP contribution in [-0.4, -0.2) is 97.5 Å². The molecule has 1 fully saturated rings. The molecule has 1 aliphatic rings. The number of carboxylic acid groups (broad SMARTS) is 1. The first-order valence-electron chi connectivity index (χ1n) is 16.8. The maximum absolute atomic E-state index is 10.3. The highest BCUT2D eigenvalue weighted by Crippen LogP contribution is 2.41. The average molecular weight is 723 g/mol. The fraction of sp³-hybridized carbons (Fsp3) is 0.794. The first-order chi connectivity index (χ1) is 22.4. The lowest BCUT2D eigenvalue weighted by Crippen LogP contribution is -2.38. The van der Waals surface area contributed by atoms with Crippen LogP contribution in [0, 0.1) is 5.92 Å². The second-order valence-corrected chi connectivity index (χ2v) is 15.0. The molecule has 1 amide bonds. The van der Waals surface area contributed by atoms with Crippen molar-refractivity contribution in [1.29, 1.82) is 0 Å². The summed E-state index contributed by atoms with van der Waals surface area (Å²) in [4.78, 5) is 18.9. The van der Waals surface area contributed by atoms with Crippen molar-refractivity contribution in [2.45, 2.75) is 129 Å². The van der Waals surface area contributed by atoms with Gasteiger partial charge < -0.3 is 45.1 Å². The summed E-state index contributed by atoms with van der Waals surface area (Å²) in [5.74, 6) is 2.27. The fourth-order valence-corrected chi connectivity index (χ4v) is 5.16. The molecule has 0 spiro atoms. The minimum atomic E-state index is -1.04. The second-order valence-electron chi connectivity index (χ2n) is 14.1. The largest absolute Gasteiger partial charge is 0.465 e. The van der Waals surface area contributed by atoms with E-state index < -0.39 is 23.9 Å². The molecule has 2 aromatic rings. The van der Waals surface area contributed by atoms with Crippen molar-refractivity contribution in [3.8, 4) is 0 Å². The van der Waals surface area contributed by atoms with Gasteiger partial charge in [0.1, 0.15) is 30.1 Å². The van der Waals surface area contributed by atoms with E-state index in [1.54, 1.807) is 0 Å². The van der Waals surface area contributed by atoms with Gasteiger partial charge in [-0.15, -0.1) is 23.2 Å². The summed E-state index contributed by atoms with van der Waals surface area (Å²) in [5, 5.41) is 31.0. The van der Waals surface area contributed by atoms with Gasteiger partial charge in [-0.2, -0.15) is 0 Å². The van der Waals surface area contributed by atoms with Gasteiger partial charge >= 0.3 is 6.09 Å². The number of hydrogen-bond donors (Lipinski definition) is 5. The van der Waals surface area contributed by atoms with Crippen LogP contribution in [0.25, 0.3) is 11.0 Å². The second kappa shape index (κ2) is 20.7. The Hall–Kier alpha value is -1.93. The molecule has 3 atom stereocenters. The van der Waals surface area contributed by atoms with E-state index in [4.69, 9.17) is 48.3 Å². The van der Waals surface area contributed by atoms with E-state index in [0.29, 0.717) is 42.9 Å². The summed E-state index contributed by atoms with van der Waals surface area (Å²) in [7, 11) is 0. The molecule has 0 saturated carbocycles. The van der Waals surface area contributed by atoms with Crippen molar-refractivity contribution in [2.24, 2.45) is 5.92 Å². The lowest BCUT2D eigenvalue weighted by molar-refractivity contribution is -0.121. The Balaban J connectivity index is 0.000000448. The predicted molar refractivity (Wildman–Crippen MR) is 193 cm³/mol. The van der Waals surface area contributed by atoms with Crippen molar-refractivity contribution in [3.63, 3.8) is 0 Å². The van der Waals surface area contributed by atoms with Gasteiger partial charge in [-0.25, -0.2) is 14.8 Å². The highest BCUT2D eigenvalue weighted by molar-refractivity contribution is 6.17. The number of carbonyl (C=O) groups is 1. The van der Waals surface area contributed by atoms with E-state index in [1.807, 2.05) is 31.5 Å². The number of anilines is 1. The maximum atomic E-state index is 10.3. The zero-order valence-electron chi connectivity index (χ0n) is 30.4. The standard InChI is InChI=1S/C17H26N4O3.C15H30ClNO4.C2H5Cl/c1-9(2)17(3,4)10-6-21(13-5-11(23)12(7-22)24-13)16-14(10)15(18)19-8-20-16;1-14(2,8-6-5-7-9-16)21-12-15(3,4)20-11-10-17-13(18)19;1-2-3/h6,8-9,11-13,22-23H,5,7H2,1-4H3,(H2,18,19,20);17H,5-12H2,1-4H3,(H,18,19);2H2,1H3. The summed E-state index contributed by atoms with van der Waals surface area (Å²) in [5.41, 5.74) is 7.16. The third-order valence-corrected chi connectivity index (χ3v) is 8.83. The van der Waals surface area contributed by atoms with Crippen LogP contribution >= 0.6 is 23.2 Å².